The Kier molecular flexibility index (Phi) is 8.14. The number of hydrogen-bond donors (Lipinski definition) is 0. The third-order valence-electron chi connectivity index (χ3n) is 3.73. The number of rotatable bonds is 8. The molecule has 0 unspecified atom stereocenters. The van der Waals surface area contributed by atoms with E-state index in [1.165, 1.54) is 41.8 Å². The topological polar surface area (TPSA) is 0 Å². The van der Waals surface area contributed by atoms with E-state index in [0.717, 1.165) is 0 Å². The van der Waals surface area contributed by atoms with Crippen molar-refractivity contribution >= 4 is 20.2 Å². The van der Waals surface area contributed by atoms with Gasteiger partial charge >= 0.3 is 0 Å². The van der Waals surface area contributed by atoms with Gasteiger partial charge in [-0.05, 0) is 12.0 Å². The maximum Gasteiger partial charge on any atom is 0.298 e. The summed E-state index contributed by atoms with van der Waals surface area (Å²) in [4.78, 5) is 0. The minimum absolute atomic E-state index is 0.658. The van der Waals surface area contributed by atoms with E-state index in [1.54, 1.807) is 4.44 Å². The molecule has 0 radical (unpaired) electrons. The van der Waals surface area contributed by atoms with Crippen molar-refractivity contribution in [3.05, 3.63) is 40.3 Å². The van der Waals surface area contributed by atoms with Crippen LogP contribution in [0, 0.1) is 0 Å². The van der Waals surface area contributed by atoms with Crippen LogP contribution in [-0.4, -0.2) is 14.1 Å². The zero-order chi connectivity index (χ0) is 13.2. The predicted octanol–water partition coefficient (Wildman–Crippen LogP) is 5.72. The molecule has 0 aliphatic rings. The molecule has 0 nitrogen and oxygen atoms in total. The molecular weight excluding hydrogens is 231 g/mol. The first kappa shape index (κ1) is 15.5. The van der Waals surface area contributed by atoms with E-state index in [2.05, 4.69) is 57.2 Å². The van der Waals surface area contributed by atoms with Crippen LogP contribution in [0.3, 0.4) is 0 Å². The molecule has 0 aliphatic carbocycles. The highest BCUT2D eigenvalue weighted by Crippen LogP contribution is 2.20. The lowest BCUT2D eigenvalue weighted by atomic mass is 10.1. The second-order valence-electron chi connectivity index (χ2n) is 5.10. The lowest BCUT2D eigenvalue weighted by molar-refractivity contribution is 0.724. The maximum absolute atomic E-state index is 2.49. The molecule has 0 amide bonds. The van der Waals surface area contributed by atoms with Crippen molar-refractivity contribution in [1.29, 1.82) is 0 Å². The number of allylic oxidation sites excluding steroid dienone is 1. The van der Waals surface area contributed by atoms with Gasteiger partial charge in [0.2, 0.25) is 0 Å². The maximum atomic E-state index is 2.49. The second-order valence-corrected chi connectivity index (χ2v) is 8.87. The van der Waals surface area contributed by atoms with Crippen molar-refractivity contribution in [2.24, 2.45) is 0 Å². The Bertz CT molecular complexity index is 336. The summed E-state index contributed by atoms with van der Waals surface area (Å²) < 4.78 is 1.79. The fourth-order valence-electron chi connectivity index (χ4n) is 2.55. The van der Waals surface area contributed by atoms with E-state index in [4.69, 9.17) is 0 Å². The average Bonchev–Trinajstić information content (AvgIpc) is 2.41. The molecule has 0 heterocycles. The van der Waals surface area contributed by atoms with Gasteiger partial charge in [-0.2, -0.15) is 0 Å². The van der Waals surface area contributed by atoms with Crippen LogP contribution in [0.1, 0.15) is 52.0 Å². The summed E-state index contributed by atoms with van der Waals surface area (Å²) >= 11 is -0.658. The van der Waals surface area contributed by atoms with Gasteiger partial charge in [-0.3, -0.25) is 0 Å². The quantitative estimate of drug-likeness (QED) is 0.413. The van der Waals surface area contributed by atoms with Crippen LogP contribution in [0.5, 0.6) is 0 Å². The van der Waals surface area contributed by atoms with Crippen LogP contribution in [0.25, 0.3) is 6.08 Å². The first-order valence-electron chi connectivity index (χ1n) is 7.57. The average molecular weight is 258 g/mol. The Morgan fingerprint density at radius 2 is 1.67 bits per heavy atom. The van der Waals surface area contributed by atoms with Gasteiger partial charge < -0.3 is 0 Å². The Labute approximate surface area is 118 Å². The molecule has 0 aliphatic heterocycles. The van der Waals surface area contributed by atoms with Gasteiger partial charge in [-0.25, -0.2) is 0 Å². The first-order valence-corrected chi connectivity index (χ1v) is 9.78. The third kappa shape index (κ3) is 5.42. The van der Waals surface area contributed by atoms with Crippen LogP contribution in [0.15, 0.2) is 34.8 Å². The van der Waals surface area contributed by atoms with E-state index in [-0.39, 0.29) is 0 Å². The molecule has 0 saturated carbocycles. The smallest absolute Gasteiger partial charge is 0.130 e. The largest absolute Gasteiger partial charge is 0.298 e. The molecular formula is C17H27Al. The third-order valence-corrected chi connectivity index (χ3v) is 7.21. The van der Waals surface area contributed by atoms with Gasteiger partial charge in [0, 0.05) is 0 Å². The van der Waals surface area contributed by atoms with Crippen LogP contribution < -0.4 is 0 Å². The van der Waals surface area contributed by atoms with Gasteiger partial charge in [-0.15, -0.1) is 4.44 Å². The fraction of sp³-hybridized carbons (Fsp3) is 0.529. The summed E-state index contributed by atoms with van der Waals surface area (Å²) in [5.41, 5.74) is 1.39. The Hall–Kier alpha value is -0.508. The second kappa shape index (κ2) is 9.43. The van der Waals surface area contributed by atoms with Crippen molar-refractivity contribution < 1.29 is 0 Å². The highest BCUT2D eigenvalue weighted by molar-refractivity contribution is 6.67. The van der Waals surface area contributed by atoms with E-state index >= 15 is 0 Å². The zero-order valence-electron chi connectivity index (χ0n) is 12.3. The highest BCUT2D eigenvalue weighted by atomic mass is 27.2. The SMILES string of the molecule is CCCCC[C](=Cc1ccccc1)[Al]([CH2]C)[CH2]C. The lowest BCUT2D eigenvalue weighted by Gasteiger charge is -2.13. The van der Waals surface area contributed by atoms with Crippen molar-refractivity contribution in [2.45, 2.75) is 57.0 Å². The minimum Gasteiger partial charge on any atom is -0.130 e. The molecule has 98 valence electrons. The lowest BCUT2D eigenvalue weighted by Crippen LogP contribution is -2.13. The van der Waals surface area contributed by atoms with E-state index < -0.39 is 14.1 Å². The van der Waals surface area contributed by atoms with Gasteiger partial charge in [0.05, 0.1) is 0 Å². The van der Waals surface area contributed by atoms with Gasteiger partial charge in [-0.1, -0.05) is 87.0 Å². The van der Waals surface area contributed by atoms with Gasteiger partial charge in [0.15, 0.2) is 0 Å². The van der Waals surface area contributed by atoms with E-state index in [0.29, 0.717) is 0 Å². The Morgan fingerprint density at radius 1 is 1.00 bits per heavy atom. The summed E-state index contributed by atoms with van der Waals surface area (Å²) in [7, 11) is 0. The fourth-order valence-corrected chi connectivity index (χ4v) is 5.22. The van der Waals surface area contributed by atoms with Crippen molar-refractivity contribution in [1.82, 2.24) is 0 Å². The molecule has 0 aromatic heterocycles. The molecule has 0 N–H and O–H groups in total. The standard InChI is InChI=1S/C13H17.2C2H5.Al/c1-2-3-4-5-7-10-13-11-8-6-9-12-13;2*1-2;/h6,8-12H,2-5H2,1H3;2*1H2,2H3;. The molecule has 0 bridgehead atoms. The van der Waals surface area contributed by atoms with E-state index in [9.17, 15) is 0 Å². The summed E-state index contributed by atoms with van der Waals surface area (Å²) in [5.74, 6) is 0. The van der Waals surface area contributed by atoms with Crippen molar-refractivity contribution in [3.8, 4) is 0 Å². The van der Waals surface area contributed by atoms with Crippen LogP contribution >= 0.6 is 0 Å². The van der Waals surface area contributed by atoms with Gasteiger partial charge in [0.1, 0.15) is 0 Å². The monoisotopic (exact) mass is 258 g/mol. The van der Waals surface area contributed by atoms with E-state index in [1.807, 2.05) is 0 Å². The van der Waals surface area contributed by atoms with Crippen LogP contribution in [0.4, 0.5) is 0 Å². The molecule has 0 saturated heterocycles. The summed E-state index contributed by atoms with van der Waals surface area (Å²) in [6.07, 6.45) is 7.89. The predicted molar refractivity (Wildman–Crippen MR) is 85.3 cm³/mol. The highest BCUT2D eigenvalue weighted by Gasteiger charge is 2.17. The number of hydrogen-bond acceptors (Lipinski definition) is 0. The molecule has 0 atom stereocenters. The summed E-state index contributed by atoms with van der Waals surface area (Å²) in [6, 6.07) is 10.9. The summed E-state index contributed by atoms with van der Waals surface area (Å²) in [5, 5.41) is 2.81. The molecule has 1 heteroatoms. The molecule has 1 aromatic rings. The van der Waals surface area contributed by atoms with Gasteiger partial charge in [0.25, 0.3) is 14.1 Å². The Balaban J connectivity index is 2.78. The number of unbranched alkanes of at least 4 members (excludes halogenated alkanes) is 2. The molecule has 0 spiro atoms. The van der Waals surface area contributed by atoms with Crippen molar-refractivity contribution in [3.63, 3.8) is 0 Å². The van der Waals surface area contributed by atoms with Crippen molar-refractivity contribution in [2.75, 3.05) is 0 Å². The zero-order valence-corrected chi connectivity index (χ0v) is 13.4. The molecule has 0 fully saturated rings. The molecule has 1 rings (SSSR count). The summed E-state index contributed by atoms with van der Waals surface area (Å²) in [6.45, 7) is 7.03. The van der Waals surface area contributed by atoms with Crippen LogP contribution in [-0.2, 0) is 0 Å². The van der Waals surface area contributed by atoms with Crippen LogP contribution in [0.2, 0.25) is 10.6 Å². The first-order chi connectivity index (χ1) is 8.81. The normalized spacial score (nSPS) is 11.6. The number of benzene rings is 1. The molecule has 18 heavy (non-hydrogen) atoms. The minimum atomic E-state index is -0.658. The molecule has 1 aromatic carbocycles. The Morgan fingerprint density at radius 3 is 2.22 bits per heavy atom.